The zero-order chi connectivity index (χ0) is 12.2. The third kappa shape index (κ3) is 4.15. The summed E-state index contributed by atoms with van der Waals surface area (Å²) in [6.07, 6.45) is 7.68. The lowest BCUT2D eigenvalue weighted by Gasteiger charge is -2.36. The first-order valence-corrected chi connectivity index (χ1v) is 6.33. The van der Waals surface area contributed by atoms with Crippen LogP contribution in [0.15, 0.2) is 0 Å². The Balaban J connectivity index is 2.25. The Morgan fingerprint density at radius 2 is 1.81 bits per heavy atom. The van der Waals surface area contributed by atoms with Crippen LogP contribution in [0.4, 0.5) is 0 Å². The third-order valence-corrected chi connectivity index (χ3v) is 3.84. The van der Waals surface area contributed by atoms with Crippen molar-refractivity contribution in [3.63, 3.8) is 0 Å². The number of ether oxygens (including phenoxy) is 1. The van der Waals surface area contributed by atoms with Crippen LogP contribution in [0.25, 0.3) is 0 Å². The maximum absolute atomic E-state index is 11.0. The summed E-state index contributed by atoms with van der Waals surface area (Å²) in [7, 11) is 1.45. The monoisotopic (exact) mass is 225 g/mol. The molecule has 0 atom stereocenters. The second-order valence-corrected chi connectivity index (χ2v) is 5.99. The van der Waals surface area contributed by atoms with Gasteiger partial charge in [-0.05, 0) is 49.4 Å². The van der Waals surface area contributed by atoms with Crippen LogP contribution in [0.2, 0.25) is 0 Å². The Bertz CT molecular complexity index is 219. The molecule has 1 saturated carbocycles. The molecule has 2 nitrogen and oxygen atoms in total. The van der Waals surface area contributed by atoms with E-state index in [1.165, 1.54) is 32.8 Å². The van der Waals surface area contributed by atoms with Crippen molar-refractivity contribution in [2.75, 3.05) is 7.11 Å². The van der Waals surface area contributed by atoms with Crippen molar-refractivity contribution in [1.29, 1.82) is 0 Å². The minimum atomic E-state index is -0.113. The molecule has 0 N–H and O–H groups in total. The molecule has 16 heavy (non-hydrogen) atoms. The predicted molar refractivity (Wildman–Crippen MR) is 65.8 cm³/mol. The molecule has 0 spiro atoms. The van der Waals surface area contributed by atoms with Gasteiger partial charge >= 0.3 is 5.97 Å². The van der Waals surface area contributed by atoms with Crippen molar-refractivity contribution in [2.24, 2.45) is 17.3 Å². The van der Waals surface area contributed by atoms with Gasteiger partial charge < -0.3 is 4.74 Å². The fourth-order valence-electron chi connectivity index (χ4n) is 2.57. The lowest BCUT2D eigenvalue weighted by molar-refractivity contribution is -0.140. The Kier molecular flexibility index (Phi) is 4.82. The highest BCUT2D eigenvalue weighted by molar-refractivity contribution is 5.70. The predicted octanol–water partition coefficient (Wildman–Crippen LogP) is 3.61. The maximum Gasteiger partial charge on any atom is 0.305 e. The fraction of sp³-hybridized carbons (Fsp3) is 0.857. The molecule has 0 aliphatic heterocycles. The third-order valence-electron chi connectivity index (χ3n) is 3.84. The van der Waals surface area contributed by atoms with Crippen molar-refractivity contribution in [2.45, 2.75) is 52.9 Å². The van der Waals surface area contributed by atoms with Crippen LogP contribution in [0.1, 0.15) is 52.9 Å². The molecule has 93 valence electrons. The van der Waals surface area contributed by atoms with E-state index in [-0.39, 0.29) is 5.97 Å². The van der Waals surface area contributed by atoms with E-state index in [1.54, 1.807) is 0 Å². The van der Waals surface area contributed by atoms with Crippen LogP contribution in [0, 0.1) is 23.7 Å². The highest BCUT2D eigenvalue weighted by Crippen LogP contribution is 2.40. The van der Waals surface area contributed by atoms with Crippen molar-refractivity contribution in [3.05, 3.63) is 6.42 Å². The van der Waals surface area contributed by atoms with E-state index in [1.807, 2.05) is 0 Å². The lowest BCUT2D eigenvalue weighted by Crippen LogP contribution is -2.26. The first-order valence-electron chi connectivity index (χ1n) is 6.33. The number of esters is 1. The largest absolute Gasteiger partial charge is 0.469 e. The number of methoxy groups -OCH3 is 1. The van der Waals surface area contributed by atoms with Crippen molar-refractivity contribution < 1.29 is 9.53 Å². The molecule has 0 amide bonds. The van der Waals surface area contributed by atoms with E-state index < -0.39 is 0 Å². The first kappa shape index (κ1) is 13.5. The standard InChI is InChI=1S/C14H25O2/c1-14(2,3)12-8-5-11(6-9-12)7-10-13(15)16-4/h7,11-12H,5-6,8-10H2,1-4H3. The summed E-state index contributed by atoms with van der Waals surface area (Å²) < 4.78 is 4.65. The second-order valence-electron chi connectivity index (χ2n) is 5.99. The van der Waals surface area contributed by atoms with Gasteiger partial charge in [-0.3, -0.25) is 4.79 Å². The van der Waals surface area contributed by atoms with Crippen LogP contribution in [0.5, 0.6) is 0 Å². The lowest BCUT2D eigenvalue weighted by atomic mass is 9.69. The molecule has 0 heterocycles. The summed E-state index contributed by atoms with van der Waals surface area (Å²) in [5, 5.41) is 0. The smallest absolute Gasteiger partial charge is 0.305 e. The summed E-state index contributed by atoms with van der Waals surface area (Å²) in [6, 6.07) is 0. The molecule has 0 aromatic rings. The Morgan fingerprint density at radius 1 is 1.25 bits per heavy atom. The molecule has 0 saturated heterocycles. The van der Waals surface area contributed by atoms with E-state index >= 15 is 0 Å². The molecule has 1 rings (SSSR count). The summed E-state index contributed by atoms with van der Waals surface area (Å²) >= 11 is 0. The maximum atomic E-state index is 11.0. The minimum Gasteiger partial charge on any atom is -0.469 e. The van der Waals surface area contributed by atoms with Crippen LogP contribution in [-0.2, 0) is 9.53 Å². The number of carbonyl (C=O) groups is 1. The summed E-state index contributed by atoms with van der Waals surface area (Å²) in [5.74, 6) is 1.35. The average Bonchev–Trinajstić information content (AvgIpc) is 2.25. The van der Waals surface area contributed by atoms with Crippen LogP contribution >= 0.6 is 0 Å². The van der Waals surface area contributed by atoms with Gasteiger partial charge in [-0.1, -0.05) is 20.8 Å². The van der Waals surface area contributed by atoms with Gasteiger partial charge in [-0.2, -0.15) is 0 Å². The number of rotatable bonds is 3. The molecule has 1 radical (unpaired) electrons. The van der Waals surface area contributed by atoms with Gasteiger partial charge in [0.1, 0.15) is 0 Å². The van der Waals surface area contributed by atoms with Gasteiger partial charge in [-0.25, -0.2) is 0 Å². The van der Waals surface area contributed by atoms with Gasteiger partial charge in [-0.15, -0.1) is 0 Å². The van der Waals surface area contributed by atoms with Crippen LogP contribution in [-0.4, -0.2) is 13.1 Å². The SMILES string of the molecule is COC(=O)C[CH]C1CCC(C(C)(C)C)CC1. The highest BCUT2D eigenvalue weighted by atomic mass is 16.5. The van der Waals surface area contributed by atoms with Crippen molar-refractivity contribution in [3.8, 4) is 0 Å². The molecule has 1 aliphatic rings. The Hall–Kier alpha value is -0.530. The molecule has 1 fully saturated rings. The minimum absolute atomic E-state index is 0.113. The molecular formula is C14H25O2. The zero-order valence-electron chi connectivity index (χ0n) is 11.1. The Labute approximate surface area is 99.8 Å². The van der Waals surface area contributed by atoms with Gasteiger partial charge in [0.15, 0.2) is 0 Å². The van der Waals surface area contributed by atoms with E-state index in [4.69, 9.17) is 0 Å². The van der Waals surface area contributed by atoms with Gasteiger partial charge in [0.2, 0.25) is 0 Å². The molecule has 1 aliphatic carbocycles. The topological polar surface area (TPSA) is 26.3 Å². The highest BCUT2D eigenvalue weighted by Gasteiger charge is 2.29. The fourth-order valence-corrected chi connectivity index (χ4v) is 2.57. The van der Waals surface area contributed by atoms with Crippen molar-refractivity contribution >= 4 is 5.97 Å². The van der Waals surface area contributed by atoms with E-state index in [0.717, 1.165) is 5.92 Å². The second kappa shape index (κ2) is 5.70. The van der Waals surface area contributed by atoms with Gasteiger partial charge in [0, 0.05) is 6.42 Å². The molecule has 2 heteroatoms. The quantitative estimate of drug-likeness (QED) is 0.686. The summed E-state index contributed by atoms with van der Waals surface area (Å²) in [6.45, 7) is 6.99. The molecule has 0 unspecified atom stereocenters. The molecule has 0 bridgehead atoms. The zero-order valence-corrected chi connectivity index (χ0v) is 11.1. The summed E-state index contributed by atoms with van der Waals surface area (Å²) in [5.41, 5.74) is 0.438. The van der Waals surface area contributed by atoms with Crippen LogP contribution < -0.4 is 0 Å². The Morgan fingerprint density at radius 3 is 2.25 bits per heavy atom. The number of carbonyl (C=O) groups excluding carboxylic acids is 1. The van der Waals surface area contributed by atoms with Gasteiger partial charge in [0.25, 0.3) is 0 Å². The average molecular weight is 225 g/mol. The van der Waals surface area contributed by atoms with Crippen LogP contribution in [0.3, 0.4) is 0 Å². The number of hydrogen-bond donors (Lipinski definition) is 0. The van der Waals surface area contributed by atoms with E-state index in [2.05, 4.69) is 31.9 Å². The molecule has 0 aromatic carbocycles. The normalized spacial score (nSPS) is 26.5. The first-order chi connectivity index (χ1) is 7.43. The van der Waals surface area contributed by atoms with Gasteiger partial charge in [0.05, 0.1) is 7.11 Å². The van der Waals surface area contributed by atoms with Crippen molar-refractivity contribution in [1.82, 2.24) is 0 Å². The van der Waals surface area contributed by atoms with E-state index in [9.17, 15) is 4.79 Å². The van der Waals surface area contributed by atoms with E-state index in [0.29, 0.717) is 17.8 Å². The molecule has 0 aromatic heterocycles. The number of hydrogen-bond acceptors (Lipinski definition) is 2. The summed E-state index contributed by atoms with van der Waals surface area (Å²) in [4.78, 5) is 11.0. The molecular weight excluding hydrogens is 200 g/mol.